The van der Waals surface area contributed by atoms with E-state index in [-0.39, 0.29) is 63.6 Å². The van der Waals surface area contributed by atoms with Crippen molar-refractivity contribution < 1.29 is 48.2 Å². The molecule has 8 amide bonds. The molecular weight excluding hydrogens is 702 g/mol. The zero-order valence-corrected chi connectivity index (χ0v) is 31.7. The topological polar surface area (TPSA) is 255 Å². The van der Waals surface area contributed by atoms with Crippen molar-refractivity contribution in [2.45, 2.75) is 116 Å². The fourth-order valence-electron chi connectivity index (χ4n) is 5.33. The summed E-state index contributed by atoms with van der Waals surface area (Å²) in [5.41, 5.74) is 5.42. The molecule has 54 heavy (non-hydrogen) atoms. The number of benzene rings is 1. The average molecular weight is 758 g/mol. The van der Waals surface area contributed by atoms with Crippen LogP contribution in [0.5, 0.6) is 0 Å². The number of hydrogen-bond donors (Lipinski definition) is 7. The molecule has 0 aromatic heterocycles. The number of urea groups is 1. The van der Waals surface area contributed by atoms with Gasteiger partial charge in [-0.2, -0.15) is 0 Å². The normalized spacial score (nSPS) is 14.2. The summed E-state index contributed by atoms with van der Waals surface area (Å²) in [6, 6.07) is 2.23. The Morgan fingerprint density at radius 3 is 2.00 bits per heavy atom. The van der Waals surface area contributed by atoms with Gasteiger partial charge < -0.3 is 42.2 Å². The minimum Gasteiger partial charge on any atom is -0.460 e. The highest BCUT2D eigenvalue weighted by molar-refractivity contribution is 6.12. The first kappa shape index (κ1) is 44.8. The Morgan fingerprint density at radius 1 is 0.796 bits per heavy atom. The Labute approximate surface area is 315 Å². The summed E-state index contributed by atoms with van der Waals surface area (Å²) in [5, 5.41) is 22.5. The number of rotatable bonds is 22. The van der Waals surface area contributed by atoms with Crippen molar-refractivity contribution in [3.63, 3.8) is 0 Å². The SMILES string of the molecule is CC(C)[C@H](NC(=O)[C@H](CCC(=O)OC(C)(C)C)NC(=O)CCCCCN1C(=O)C=CC1=O)C(=O)NC(CCCNC(N)=O)C(=O)Nc1ccc(CO)cc1. The molecule has 2 rings (SSSR count). The molecule has 1 aliphatic heterocycles. The van der Waals surface area contributed by atoms with Gasteiger partial charge in [0.25, 0.3) is 11.8 Å². The predicted molar refractivity (Wildman–Crippen MR) is 198 cm³/mol. The summed E-state index contributed by atoms with van der Waals surface area (Å²) in [4.78, 5) is 102. The van der Waals surface area contributed by atoms with Gasteiger partial charge in [0.05, 0.1) is 6.61 Å². The third-order valence-corrected chi connectivity index (χ3v) is 8.15. The van der Waals surface area contributed by atoms with Crippen molar-refractivity contribution in [3.05, 3.63) is 42.0 Å². The molecule has 0 radical (unpaired) electrons. The van der Waals surface area contributed by atoms with E-state index in [0.29, 0.717) is 30.5 Å². The third kappa shape index (κ3) is 16.6. The fourth-order valence-corrected chi connectivity index (χ4v) is 5.33. The number of nitrogens with two attached hydrogens (primary N) is 1. The minimum absolute atomic E-state index is 0.0224. The molecule has 8 N–H and O–H groups in total. The van der Waals surface area contributed by atoms with Crippen LogP contribution in [0.2, 0.25) is 0 Å². The minimum atomic E-state index is -1.22. The number of carbonyl (C=O) groups is 8. The Balaban J connectivity index is 2.13. The maximum absolute atomic E-state index is 13.7. The van der Waals surface area contributed by atoms with Gasteiger partial charge in [-0.15, -0.1) is 0 Å². The molecular formula is C37H55N7O10. The fraction of sp³-hybridized carbons (Fsp3) is 0.568. The number of ether oxygens (including phenoxy) is 1. The molecule has 17 heteroatoms. The monoisotopic (exact) mass is 757 g/mol. The lowest BCUT2D eigenvalue weighted by Gasteiger charge is -2.27. The number of hydrogen-bond acceptors (Lipinski definition) is 10. The number of imide groups is 1. The van der Waals surface area contributed by atoms with Crippen molar-refractivity contribution in [3.8, 4) is 0 Å². The Hall–Kier alpha value is -5.32. The van der Waals surface area contributed by atoms with E-state index in [0.717, 1.165) is 4.90 Å². The first-order valence-electron chi connectivity index (χ1n) is 18.1. The van der Waals surface area contributed by atoms with Crippen molar-refractivity contribution >= 4 is 53.1 Å². The highest BCUT2D eigenvalue weighted by Crippen LogP contribution is 2.14. The van der Waals surface area contributed by atoms with Gasteiger partial charge >= 0.3 is 12.0 Å². The Kier molecular flexibility index (Phi) is 18.3. The number of nitrogens with one attached hydrogen (secondary N) is 5. The zero-order valence-electron chi connectivity index (χ0n) is 31.7. The summed E-state index contributed by atoms with van der Waals surface area (Å²) < 4.78 is 5.37. The van der Waals surface area contributed by atoms with Crippen LogP contribution in [0.1, 0.15) is 91.5 Å². The van der Waals surface area contributed by atoms with Crippen LogP contribution >= 0.6 is 0 Å². The summed E-state index contributed by atoms with van der Waals surface area (Å²) in [6.07, 6.45) is 3.87. The summed E-state index contributed by atoms with van der Waals surface area (Å²) in [5.74, 6) is -4.28. The summed E-state index contributed by atoms with van der Waals surface area (Å²) >= 11 is 0. The predicted octanol–water partition coefficient (Wildman–Crippen LogP) is 1.28. The smallest absolute Gasteiger partial charge is 0.312 e. The highest BCUT2D eigenvalue weighted by Gasteiger charge is 2.32. The number of carbonyl (C=O) groups excluding carboxylic acids is 8. The van der Waals surface area contributed by atoms with Crippen LogP contribution in [-0.4, -0.2) is 94.3 Å². The highest BCUT2D eigenvalue weighted by atomic mass is 16.6. The van der Waals surface area contributed by atoms with E-state index < -0.39 is 65.3 Å². The van der Waals surface area contributed by atoms with Crippen molar-refractivity contribution in [2.75, 3.05) is 18.4 Å². The lowest BCUT2D eigenvalue weighted by atomic mass is 10.0. The van der Waals surface area contributed by atoms with E-state index in [4.69, 9.17) is 10.5 Å². The molecule has 1 aliphatic rings. The standard InChI is InChI=1S/C37H55N7O10/c1-23(2)32(35(52)42-26(10-9-20-39-36(38)53)33(50)40-25-14-12-24(22-45)13-15-25)43-34(51)27(16-19-31(49)54-37(3,4)5)41-28(46)11-7-6-8-21-44-29(47)17-18-30(44)48/h12-15,17-18,23,26-27,32,45H,6-11,16,19-22H2,1-5H3,(H,40,50)(H,41,46)(H,42,52)(H,43,51)(H3,38,39,53)/t26?,27-,32-/m0/s1. The van der Waals surface area contributed by atoms with E-state index in [2.05, 4.69) is 26.6 Å². The molecule has 1 aromatic carbocycles. The summed E-state index contributed by atoms with van der Waals surface area (Å²) in [6.45, 7) is 8.64. The zero-order chi connectivity index (χ0) is 40.4. The number of esters is 1. The van der Waals surface area contributed by atoms with Crippen molar-refractivity contribution in [2.24, 2.45) is 11.7 Å². The lowest BCUT2D eigenvalue weighted by molar-refractivity contribution is -0.155. The summed E-state index contributed by atoms with van der Waals surface area (Å²) in [7, 11) is 0. The Bertz CT molecular complexity index is 1500. The molecule has 0 aliphatic carbocycles. The molecule has 17 nitrogen and oxygen atoms in total. The van der Waals surface area contributed by atoms with Crippen LogP contribution in [0.4, 0.5) is 10.5 Å². The third-order valence-electron chi connectivity index (χ3n) is 8.15. The van der Waals surface area contributed by atoms with Gasteiger partial charge in [0, 0.05) is 43.8 Å². The number of anilines is 1. The van der Waals surface area contributed by atoms with Gasteiger partial charge in [0.2, 0.25) is 23.6 Å². The molecule has 298 valence electrons. The number of aliphatic hydroxyl groups is 1. The molecule has 3 atom stereocenters. The van der Waals surface area contributed by atoms with Crippen molar-refractivity contribution in [1.82, 2.24) is 26.2 Å². The van der Waals surface area contributed by atoms with Crippen LogP contribution in [0.25, 0.3) is 0 Å². The average Bonchev–Trinajstić information content (AvgIpc) is 3.41. The molecule has 0 spiro atoms. The first-order chi connectivity index (χ1) is 25.4. The number of primary amides is 1. The second kappa shape index (κ2) is 22.0. The Morgan fingerprint density at radius 2 is 1.43 bits per heavy atom. The molecule has 0 bridgehead atoms. The quantitative estimate of drug-likeness (QED) is 0.0507. The number of amides is 8. The van der Waals surface area contributed by atoms with E-state index in [1.165, 1.54) is 12.2 Å². The molecule has 1 heterocycles. The van der Waals surface area contributed by atoms with E-state index >= 15 is 0 Å². The van der Waals surface area contributed by atoms with Crippen LogP contribution in [-0.2, 0) is 44.9 Å². The molecule has 1 unspecified atom stereocenters. The molecule has 0 saturated carbocycles. The second-order valence-electron chi connectivity index (χ2n) is 14.3. The van der Waals surface area contributed by atoms with Crippen molar-refractivity contribution in [1.29, 1.82) is 0 Å². The van der Waals surface area contributed by atoms with Crippen LogP contribution in [0.15, 0.2) is 36.4 Å². The van der Waals surface area contributed by atoms with Gasteiger partial charge in [0.1, 0.15) is 23.7 Å². The molecule has 0 fully saturated rings. The van der Waals surface area contributed by atoms with Crippen LogP contribution < -0.4 is 32.3 Å². The second-order valence-corrected chi connectivity index (χ2v) is 14.3. The van der Waals surface area contributed by atoms with Gasteiger partial charge in [-0.3, -0.25) is 38.5 Å². The van der Waals surface area contributed by atoms with Crippen LogP contribution in [0.3, 0.4) is 0 Å². The molecule has 0 saturated heterocycles. The van der Waals surface area contributed by atoms with E-state index in [1.54, 1.807) is 58.9 Å². The first-order valence-corrected chi connectivity index (χ1v) is 18.1. The number of nitrogens with zero attached hydrogens (tertiary/aromatic N) is 1. The molecule has 1 aromatic rings. The van der Waals surface area contributed by atoms with Gasteiger partial charge in [-0.25, -0.2) is 4.79 Å². The number of unbranched alkanes of at least 4 members (excludes halogenated alkanes) is 2. The lowest BCUT2D eigenvalue weighted by Crippen LogP contribution is -2.58. The number of aliphatic hydroxyl groups excluding tert-OH is 1. The van der Waals surface area contributed by atoms with E-state index in [9.17, 15) is 43.5 Å². The maximum atomic E-state index is 13.7. The largest absolute Gasteiger partial charge is 0.460 e. The van der Waals surface area contributed by atoms with Gasteiger partial charge in [0.15, 0.2) is 0 Å². The maximum Gasteiger partial charge on any atom is 0.312 e. The van der Waals surface area contributed by atoms with Gasteiger partial charge in [-0.1, -0.05) is 32.4 Å². The van der Waals surface area contributed by atoms with Gasteiger partial charge in [-0.05, 0) is 76.5 Å². The van der Waals surface area contributed by atoms with Crippen LogP contribution in [0, 0.1) is 5.92 Å². The van der Waals surface area contributed by atoms with E-state index in [1.807, 2.05) is 0 Å².